The maximum atomic E-state index is 13.5. The molecule has 1 aromatic carbocycles. The number of carbonyl (C=O) groups excluding carboxylic acids is 3. The molecule has 0 aromatic heterocycles. The summed E-state index contributed by atoms with van der Waals surface area (Å²) < 4.78 is 0. The first-order valence-corrected chi connectivity index (χ1v) is 13.4. The van der Waals surface area contributed by atoms with Gasteiger partial charge in [-0.3, -0.25) is 9.59 Å². The largest absolute Gasteiger partial charge is 0.391 e. The van der Waals surface area contributed by atoms with Crippen LogP contribution in [0.5, 0.6) is 0 Å². The fourth-order valence-electron chi connectivity index (χ4n) is 4.79. The number of nitrogens with zero attached hydrogens (tertiary/aromatic N) is 2. The number of fused-ring (bicyclic) bond motifs is 1. The first-order valence-electron chi connectivity index (χ1n) is 13.4. The molecule has 9 heteroatoms. The Morgan fingerprint density at radius 2 is 1.92 bits per heavy atom. The fourth-order valence-corrected chi connectivity index (χ4v) is 4.79. The fraction of sp³-hybridized carbons (Fsp3) is 0.679. The molecular weight excluding hydrogens is 470 g/mol. The molecule has 1 aliphatic rings. The number of rotatable bonds is 12. The van der Waals surface area contributed by atoms with Crippen molar-refractivity contribution < 1.29 is 19.5 Å². The molecule has 9 nitrogen and oxygen atoms in total. The second kappa shape index (κ2) is 13.8. The zero-order chi connectivity index (χ0) is 27.8. The molecular formula is C28H47N5O4. The summed E-state index contributed by atoms with van der Waals surface area (Å²) in [5.74, 6) is -0.470. The summed E-state index contributed by atoms with van der Waals surface area (Å²) in [6.45, 7) is 8.83. The molecule has 0 saturated carbocycles. The Bertz CT molecular complexity index is 920. The second-order valence-corrected chi connectivity index (χ2v) is 11.4. The summed E-state index contributed by atoms with van der Waals surface area (Å²) in [6.07, 6.45) is 2.68. The van der Waals surface area contributed by atoms with Crippen LogP contribution >= 0.6 is 0 Å². The molecule has 0 spiro atoms. The lowest BCUT2D eigenvalue weighted by Crippen LogP contribution is -2.52. The third kappa shape index (κ3) is 9.31. The van der Waals surface area contributed by atoms with E-state index in [4.69, 9.17) is 5.73 Å². The van der Waals surface area contributed by atoms with Crippen molar-refractivity contribution >= 4 is 23.5 Å². The van der Waals surface area contributed by atoms with Crippen LogP contribution < -0.4 is 21.3 Å². The van der Waals surface area contributed by atoms with Crippen molar-refractivity contribution in [2.24, 2.45) is 17.1 Å². The number of urea groups is 1. The van der Waals surface area contributed by atoms with Gasteiger partial charge in [-0.05, 0) is 42.7 Å². The second-order valence-electron chi connectivity index (χ2n) is 11.4. The van der Waals surface area contributed by atoms with Gasteiger partial charge in [0.2, 0.25) is 11.8 Å². The number of hydrogen-bond acceptors (Lipinski definition) is 5. The normalized spacial score (nSPS) is 17.8. The smallest absolute Gasteiger partial charge is 0.317 e. The van der Waals surface area contributed by atoms with Crippen molar-refractivity contribution in [3.8, 4) is 0 Å². The SMILES string of the molecule is CCCCNC(=O)[C@H](C)C[C@H](O)[C@@H](N)CC(C)(C)CC(=O)N1C[C@H](NC(=O)N(C)C)Cc2ccccc21. The number of carbonyl (C=O) groups is 3. The lowest BCUT2D eigenvalue weighted by molar-refractivity contribution is -0.125. The van der Waals surface area contributed by atoms with Gasteiger partial charge < -0.3 is 31.3 Å². The number of nitrogens with two attached hydrogens (primary N) is 1. The Morgan fingerprint density at radius 1 is 1.24 bits per heavy atom. The minimum Gasteiger partial charge on any atom is -0.391 e. The molecule has 208 valence electrons. The van der Waals surface area contributed by atoms with Crippen molar-refractivity contribution in [2.45, 2.75) is 84.4 Å². The molecule has 0 unspecified atom stereocenters. The number of anilines is 1. The van der Waals surface area contributed by atoms with Crippen molar-refractivity contribution in [3.63, 3.8) is 0 Å². The molecule has 37 heavy (non-hydrogen) atoms. The first kappa shape index (κ1) is 30.6. The Morgan fingerprint density at radius 3 is 2.57 bits per heavy atom. The minimum atomic E-state index is -0.845. The van der Waals surface area contributed by atoms with Crippen LogP contribution in [0.1, 0.15) is 65.4 Å². The van der Waals surface area contributed by atoms with Gasteiger partial charge in [-0.2, -0.15) is 0 Å². The van der Waals surface area contributed by atoms with Gasteiger partial charge in [0.15, 0.2) is 0 Å². The van der Waals surface area contributed by atoms with Crippen LogP contribution in [0.15, 0.2) is 24.3 Å². The molecule has 1 heterocycles. The van der Waals surface area contributed by atoms with Gasteiger partial charge in [0.05, 0.1) is 12.1 Å². The number of nitrogens with one attached hydrogen (secondary N) is 2. The van der Waals surface area contributed by atoms with Gasteiger partial charge in [-0.1, -0.05) is 52.3 Å². The highest BCUT2D eigenvalue weighted by atomic mass is 16.3. The summed E-state index contributed by atoms with van der Waals surface area (Å²) >= 11 is 0. The number of aliphatic hydroxyl groups excluding tert-OH is 1. The summed E-state index contributed by atoms with van der Waals surface area (Å²) in [5, 5.41) is 16.6. The molecule has 0 aliphatic carbocycles. The van der Waals surface area contributed by atoms with Crippen molar-refractivity contribution in [3.05, 3.63) is 29.8 Å². The summed E-state index contributed by atoms with van der Waals surface area (Å²) in [4.78, 5) is 41.3. The van der Waals surface area contributed by atoms with E-state index in [2.05, 4.69) is 17.6 Å². The van der Waals surface area contributed by atoms with Gasteiger partial charge in [0.1, 0.15) is 0 Å². The van der Waals surface area contributed by atoms with Gasteiger partial charge in [0.25, 0.3) is 0 Å². The van der Waals surface area contributed by atoms with E-state index in [1.165, 1.54) is 4.90 Å². The predicted molar refractivity (Wildman–Crippen MR) is 147 cm³/mol. The summed E-state index contributed by atoms with van der Waals surface area (Å²) in [6, 6.07) is 6.83. The Balaban J connectivity index is 2.01. The summed E-state index contributed by atoms with van der Waals surface area (Å²) in [5.41, 5.74) is 7.76. The van der Waals surface area contributed by atoms with Crippen molar-refractivity contribution in [1.29, 1.82) is 0 Å². The number of para-hydroxylation sites is 1. The van der Waals surface area contributed by atoms with Crippen molar-refractivity contribution in [2.75, 3.05) is 32.1 Å². The number of aliphatic hydroxyl groups is 1. The number of benzene rings is 1. The van der Waals surface area contributed by atoms with Crippen LogP contribution in [0, 0.1) is 11.3 Å². The van der Waals surface area contributed by atoms with Gasteiger partial charge in [-0.25, -0.2) is 4.79 Å². The molecule has 0 fully saturated rings. The average Bonchev–Trinajstić information content (AvgIpc) is 2.82. The Hall–Kier alpha value is -2.65. The van der Waals surface area contributed by atoms with E-state index in [9.17, 15) is 19.5 Å². The third-order valence-corrected chi connectivity index (χ3v) is 6.97. The molecule has 1 aliphatic heterocycles. The van der Waals surface area contributed by atoms with Crippen molar-refractivity contribution in [1.82, 2.24) is 15.5 Å². The van der Waals surface area contributed by atoms with Crippen LogP contribution in [-0.4, -0.2) is 73.2 Å². The van der Waals surface area contributed by atoms with Crippen LogP contribution in [-0.2, 0) is 16.0 Å². The Labute approximate surface area is 222 Å². The quantitative estimate of drug-likeness (QED) is 0.317. The van der Waals surface area contributed by atoms with E-state index in [0.29, 0.717) is 25.9 Å². The maximum absolute atomic E-state index is 13.5. The molecule has 0 bridgehead atoms. The standard InChI is InChI=1S/C28H47N5O4/c1-7-8-13-30-26(36)19(2)14-24(34)22(29)16-28(3,4)17-25(35)33-18-21(31-27(37)32(5)6)15-20-11-9-10-12-23(20)33/h9-12,19,21-22,24,34H,7-8,13-18,29H2,1-6H3,(H,30,36)(H,31,37)/t19-,21-,22+,24+/m1/s1. The van der Waals surface area contributed by atoms with E-state index >= 15 is 0 Å². The Kier molecular flexibility index (Phi) is 11.4. The van der Waals surface area contributed by atoms with Crippen LogP contribution in [0.2, 0.25) is 0 Å². The topological polar surface area (TPSA) is 128 Å². The van der Waals surface area contributed by atoms with E-state index < -0.39 is 17.6 Å². The molecule has 0 radical (unpaired) electrons. The molecule has 4 atom stereocenters. The molecule has 1 aromatic rings. The molecule has 0 saturated heterocycles. The average molecular weight is 518 g/mol. The minimum absolute atomic E-state index is 0.0494. The monoisotopic (exact) mass is 517 g/mol. The highest BCUT2D eigenvalue weighted by molar-refractivity contribution is 5.95. The lowest BCUT2D eigenvalue weighted by atomic mass is 9.79. The van der Waals surface area contributed by atoms with Crippen LogP contribution in [0.25, 0.3) is 0 Å². The molecule has 4 amide bonds. The highest BCUT2D eigenvalue weighted by Gasteiger charge is 2.34. The highest BCUT2D eigenvalue weighted by Crippen LogP contribution is 2.33. The molecule has 5 N–H and O–H groups in total. The maximum Gasteiger partial charge on any atom is 0.317 e. The van der Waals surface area contributed by atoms with E-state index in [0.717, 1.165) is 24.1 Å². The van der Waals surface area contributed by atoms with Gasteiger partial charge >= 0.3 is 6.03 Å². The van der Waals surface area contributed by atoms with Crippen LogP contribution in [0.4, 0.5) is 10.5 Å². The van der Waals surface area contributed by atoms with E-state index in [1.54, 1.807) is 25.9 Å². The summed E-state index contributed by atoms with van der Waals surface area (Å²) in [7, 11) is 3.38. The van der Waals surface area contributed by atoms with Gasteiger partial charge in [-0.15, -0.1) is 0 Å². The zero-order valence-corrected chi connectivity index (χ0v) is 23.4. The van der Waals surface area contributed by atoms with E-state index in [-0.39, 0.29) is 42.6 Å². The van der Waals surface area contributed by atoms with E-state index in [1.807, 2.05) is 38.1 Å². The van der Waals surface area contributed by atoms with Crippen LogP contribution in [0.3, 0.4) is 0 Å². The zero-order valence-electron chi connectivity index (χ0n) is 23.4. The number of amides is 4. The number of hydrogen-bond donors (Lipinski definition) is 4. The third-order valence-electron chi connectivity index (χ3n) is 6.97. The molecule has 2 rings (SSSR count). The lowest BCUT2D eigenvalue weighted by Gasteiger charge is -2.38. The predicted octanol–water partition coefficient (Wildman–Crippen LogP) is 2.65. The first-order chi connectivity index (χ1) is 17.3. The van der Waals surface area contributed by atoms with Gasteiger partial charge in [0, 0.05) is 51.3 Å². The number of unbranched alkanes of at least 4 members (excludes halogenated alkanes) is 1.